The number of aromatic nitrogens is 1. The number of nitrogens with one attached hydrogen (secondary N) is 1. The summed E-state index contributed by atoms with van der Waals surface area (Å²) < 4.78 is 37.2. The van der Waals surface area contributed by atoms with Crippen molar-refractivity contribution in [2.24, 2.45) is 0 Å². The van der Waals surface area contributed by atoms with Crippen LogP contribution in [0.4, 0.5) is 18.9 Å². The van der Waals surface area contributed by atoms with Gasteiger partial charge >= 0.3 is 6.18 Å². The zero-order valence-electron chi connectivity index (χ0n) is 10.3. The van der Waals surface area contributed by atoms with Crippen molar-refractivity contribution in [3.05, 3.63) is 59.4 Å². The highest BCUT2D eigenvalue weighted by Gasteiger charge is 2.29. The highest BCUT2D eigenvalue weighted by molar-refractivity contribution is 5.45. The number of pyridine rings is 1. The molecule has 5 heteroatoms. The number of alkyl halides is 3. The second-order valence-electron chi connectivity index (χ2n) is 4.20. The minimum absolute atomic E-state index is 0.479. The van der Waals surface area contributed by atoms with Crippen LogP contribution < -0.4 is 5.32 Å². The van der Waals surface area contributed by atoms with Gasteiger partial charge in [-0.2, -0.15) is 13.2 Å². The Morgan fingerprint density at radius 3 is 2.32 bits per heavy atom. The van der Waals surface area contributed by atoms with Crippen molar-refractivity contribution < 1.29 is 13.2 Å². The number of rotatable bonds is 3. The van der Waals surface area contributed by atoms with Crippen molar-refractivity contribution in [2.75, 3.05) is 5.32 Å². The van der Waals surface area contributed by atoms with E-state index in [1.54, 1.807) is 0 Å². The Hall–Kier alpha value is -2.04. The molecule has 0 unspecified atom stereocenters. The minimum Gasteiger partial charge on any atom is -0.379 e. The van der Waals surface area contributed by atoms with E-state index in [-0.39, 0.29) is 0 Å². The Bertz CT molecular complexity index is 547. The minimum atomic E-state index is -4.30. The summed E-state index contributed by atoms with van der Waals surface area (Å²) in [6.45, 7) is 2.37. The van der Waals surface area contributed by atoms with Gasteiger partial charge in [0.05, 0.1) is 17.8 Å². The van der Waals surface area contributed by atoms with E-state index in [2.05, 4.69) is 10.3 Å². The molecule has 0 aliphatic rings. The average Bonchev–Trinajstić information content (AvgIpc) is 2.36. The van der Waals surface area contributed by atoms with Crippen LogP contribution in [0.1, 0.15) is 17.0 Å². The number of halogens is 3. The largest absolute Gasteiger partial charge is 0.416 e. The van der Waals surface area contributed by atoms with Crippen LogP contribution in [-0.4, -0.2) is 4.98 Å². The van der Waals surface area contributed by atoms with Crippen LogP contribution in [0.25, 0.3) is 0 Å². The first kappa shape index (κ1) is 13.4. The first-order valence-electron chi connectivity index (χ1n) is 5.79. The van der Waals surface area contributed by atoms with Gasteiger partial charge in [-0.25, -0.2) is 0 Å². The summed E-state index contributed by atoms with van der Waals surface area (Å²) in [5.41, 5.74) is 1.75. The first-order chi connectivity index (χ1) is 8.95. The van der Waals surface area contributed by atoms with Gasteiger partial charge in [-0.15, -0.1) is 0 Å². The maximum Gasteiger partial charge on any atom is 0.416 e. The summed E-state index contributed by atoms with van der Waals surface area (Å²) in [5.74, 6) is 0. The Labute approximate surface area is 109 Å². The Balaban J connectivity index is 2.01. The van der Waals surface area contributed by atoms with Gasteiger partial charge in [-0.1, -0.05) is 6.07 Å². The summed E-state index contributed by atoms with van der Waals surface area (Å²) in [7, 11) is 0. The molecule has 2 rings (SSSR count). The molecule has 1 N–H and O–H groups in total. The molecule has 100 valence electrons. The number of anilines is 1. The molecule has 1 aromatic heterocycles. The van der Waals surface area contributed by atoms with Gasteiger partial charge in [-0.05, 0) is 43.3 Å². The van der Waals surface area contributed by atoms with Crippen LogP contribution in [0.3, 0.4) is 0 Å². The monoisotopic (exact) mass is 266 g/mol. The Morgan fingerprint density at radius 2 is 1.74 bits per heavy atom. The molecule has 0 amide bonds. The Morgan fingerprint density at radius 1 is 1.05 bits per heavy atom. The highest BCUT2D eigenvalue weighted by Crippen LogP contribution is 2.29. The molecule has 0 radical (unpaired) electrons. The van der Waals surface area contributed by atoms with Crippen molar-refractivity contribution >= 4 is 5.69 Å². The maximum absolute atomic E-state index is 12.4. The standard InChI is InChI=1S/C14H13F3N2/c1-10-3-2-4-13(19-10)9-18-12-7-5-11(6-8-12)14(15,16)17/h2-8,18H,9H2,1H3. The molecule has 0 saturated carbocycles. The lowest BCUT2D eigenvalue weighted by molar-refractivity contribution is -0.137. The third-order valence-corrected chi connectivity index (χ3v) is 2.63. The molecule has 2 nitrogen and oxygen atoms in total. The molecule has 0 aliphatic heterocycles. The molecule has 0 bridgehead atoms. The molecule has 0 atom stereocenters. The van der Waals surface area contributed by atoms with E-state index in [9.17, 15) is 13.2 Å². The van der Waals surface area contributed by atoms with Gasteiger partial charge in [-0.3, -0.25) is 4.98 Å². The molecule has 1 heterocycles. The molecular weight excluding hydrogens is 253 g/mol. The van der Waals surface area contributed by atoms with Gasteiger partial charge in [0, 0.05) is 11.4 Å². The van der Waals surface area contributed by atoms with Crippen LogP contribution in [0.5, 0.6) is 0 Å². The third kappa shape index (κ3) is 3.71. The molecule has 2 aromatic rings. The predicted molar refractivity (Wildman–Crippen MR) is 67.7 cm³/mol. The van der Waals surface area contributed by atoms with Crippen molar-refractivity contribution in [1.29, 1.82) is 0 Å². The smallest absolute Gasteiger partial charge is 0.379 e. The normalized spacial score (nSPS) is 11.4. The van der Waals surface area contributed by atoms with Crippen molar-refractivity contribution in [1.82, 2.24) is 4.98 Å². The van der Waals surface area contributed by atoms with Gasteiger partial charge in [0.2, 0.25) is 0 Å². The van der Waals surface area contributed by atoms with Crippen LogP contribution in [0.15, 0.2) is 42.5 Å². The van der Waals surface area contributed by atoms with E-state index in [0.717, 1.165) is 23.5 Å². The molecule has 0 saturated heterocycles. The van der Waals surface area contributed by atoms with E-state index in [1.165, 1.54) is 12.1 Å². The molecule has 0 spiro atoms. The van der Waals surface area contributed by atoms with Crippen LogP contribution >= 0.6 is 0 Å². The lowest BCUT2D eigenvalue weighted by Crippen LogP contribution is -2.06. The number of hydrogen-bond donors (Lipinski definition) is 1. The first-order valence-corrected chi connectivity index (χ1v) is 5.79. The van der Waals surface area contributed by atoms with Gasteiger partial charge in [0.1, 0.15) is 0 Å². The summed E-state index contributed by atoms with van der Waals surface area (Å²) in [4.78, 5) is 4.30. The summed E-state index contributed by atoms with van der Waals surface area (Å²) in [5, 5.41) is 3.04. The van der Waals surface area contributed by atoms with E-state index >= 15 is 0 Å². The van der Waals surface area contributed by atoms with Crippen LogP contribution in [-0.2, 0) is 12.7 Å². The van der Waals surface area contributed by atoms with Gasteiger partial charge < -0.3 is 5.32 Å². The van der Waals surface area contributed by atoms with E-state index in [4.69, 9.17) is 0 Å². The van der Waals surface area contributed by atoms with Crippen LogP contribution in [0, 0.1) is 6.92 Å². The number of hydrogen-bond acceptors (Lipinski definition) is 2. The highest BCUT2D eigenvalue weighted by atomic mass is 19.4. The van der Waals surface area contributed by atoms with Crippen molar-refractivity contribution in [3.8, 4) is 0 Å². The number of benzene rings is 1. The lowest BCUT2D eigenvalue weighted by Gasteiger charge is -2.09. The molecule has 0 aliphatic carbocycles. The zero-order valence-corrected chi connectivity index (χ0v) is 10.3. The van der Waals surface area contributed by atoms with E-state index < -0.39 is 11.7 Å². The van der Waals surface area contributed by atoms with Crippen molar-refractivity contribution in [3.63, 3.8) is 0 Å². The second-order valence-corrected chi connectivity index (χ2v) is 4.20. The quantitative estimate of drug-likeness (QED) is 0.907. The summed E-state index contributed by atoms with van der Waals surface area (Å²) in [6.07, 6.45) is -4.30. The maximum atomic E-state index is 12.4. The SMILES string of the molecule is Cc1cccc(CNc2ccc(C(F)(F)F)cc2)n1. The molecular formula is C14H13F3N2. The topological polar surface area (TPSA) is 24.9 Å². The van der Waals surface area contributed by atoms with E-state index in [0.29, 0.717) is 12.2 Å². The predicted octanol–water partition coefficient (Wildman–Crippen LogP) is 4.02. The fraction of sp³-hybridized carbons (Fsp3) is 0.214. The average molecular weight is 266 g/mol. The third-order valence-electron chi connectivity index (χ3n) is 2.63. The fourth-order valence-electron chi connectivity index (χ4n) is 1.67. The van der Waals surface area contributed by atoms with Gasteiger partial charge in [0.25, 0.3) is 0 Å². The van der Waals surface area contributed by atoms with Crippen molar-refractivity contribution in [2.45, 2.75) is 19.6 Å². The number of nitrogens with zero attached hydrogens (tertiary/aromatic N) is 1. The van der Waals surface area contributed by atoms with Gasteiger partial charge in [0.15, 0.2) is 0 Å². The zero-order chi connectivity index (χ0) is 13.9. The molecule has 19 heavy (non-hydrogen) atoms. The summed E-state index contributed by atoms with van der Waals surface area (Å²) in [6, 6.07) is 10.6. The lowest BCUT2D eigenvalue weighted by atomic mass is 10.2. The Kier molecular flexibility index (Phi) is 3.74. The fourth-order valence-corrected chi connectivity index (χ4v) is 1.67. The van der Waals surface area contributed by atoms with E-state index in [1.807, 2.05) is 25.1 Å². The van der Waals surface area contributed by atoms with Crippen LogP contribution in [0.2, 0.25) is 0 Å². The molecule has 1 aromatic carbocycles. The number of aryl methyl sites for hydroxylation is 1. The second kappa shape index (κ2) is 5.30. The molecule has 0 fully saturated rings. The summed E-state index contributed by atoms with van der Waals surface area (Å²) >= 11 is 0.